The van der Waals surface area contributed by atoms with Crippen LogP contribution in [0, 0.1) is 5.92 Å². The third-order valence-corrected chi connectivity index (χ3v) is 2.49. The molecule has 3 nitrogen and oxygen atoms in total. The monoisotopic (exact) mass is 170 g/mol. The van der Waals surface area contributed by atoms with Crippen molar-refractivity contribution in [3.8, 4) is 0 Å². The largest absolute Gasteiger partial charge is 0.369 e. The van der Waals surface area contributed by atoms with E-state index in [1.165, 1.54) is 19.3 Å². The van der Waals surface area contributed by atoms with E-state index in [1.807, 2.05) is 0 Å². The highest BCUT2D eigenvalue weighted by Crippen LogP contribution is 2.15. The second-order valence-electron chi connectivity index (χ2n) is 3.78. The Balaban J connectivity index is 2.30. The van der Waals surface area contributed by atoms with Crippen LogP contribution in [0.2, 0.25) is 0 Å². The fourth-order valence-corrected chi connectivity index (χ4v) is 1.70. The van der Waals surface area contributed by atoms with Gasteiger partial charge in [0.2, 0.25) is 5.91 Å². The van der Waals surface area contributed by atoms with Crippen LogP contribution >= 0.6 is 0 Å². The molecule has 1 aliphatic rings. The molecule has 1 unspecified atom stereocenters. The van der Waals surface area contributed by atoms with Gasteiger partial charge in [0.25, 0.3) is 0 Å². The van der Waals surface area contributed by atoms with Gasteiger partial charge >= 0.3 is 0 Å². The molecule has 1 atom stereocenters. The molecule has 0 aliphatic carbocycles. The molecule has 1 rings (SSSR count). The summed E-state index contributed by atoms with van der Waals surface area (Å²) < 4.78 is 0. The summed E-state index contributed by atoms with van der Waals surface area (Å²) in [4.78, 5) is 12.8. The van der Waals surface area contributed by atoms with Crippen LogP contribution in [-0.2, 0) is 4.79 Å². The Bertz CT molecular complexity index is 159. The second kappa shape index (κ2) is 4.45. The molecule has 1 amide bonds. The van der Waals surface area contributed by atoms with Gasteiger partial charge in [0.05, 0.1) is 6.54 Å². The van der Waals surface area contributed by atoms with Gasteiger partial charge in [-0.25, -0.2) is 0 Å². The average Bonchev–Trinajstić information content (AvgIpc) is 2.15. The number of rotatable bonds is 2. The van der Waals surface area contributed by atoms with Crippen LogP contribution in [0.4, 0.5) is 0 Å². The third-order valence-electron chi connectivity index (χ3n) is 2.49. The maximum absolute atomic E-state index is 10.6. The lowest BCUT2D eigenvalue weighted by Crippen LogP contribution is -2.34. The van der Waals surface area contributed by atoms with Gasteiger partial charge in [0.15, 0.2) is 0 Å². The highest BCUT2D eigenvalue weighted by atomic mass is 16.1. The molecule has 3 heteroatoms. The van der Waals surface area contributed by atoms with Crippen molar-refractivity contribution in [2.45, 2.75) is 26.2 Å². The molecule has 1 saturated heterocycles. The Labute approximate surface area is 73.9 Å². The highest BCUT2D eigenvalue weighted by Gasteiger charge is 2.14. The Morgan fingerprint density at radius 1 is 1.50 bits per heavy atom. The van der Waals surface area contributed by atoms with Crippen LogP contribution in [0.1, 0.15) is 26.2 Å². The topological polar surface area (TPSA) is 46.3 Å². The Hall–Kier alpha value is -0.570. The first-order chi connectivity index (χ1) is 5.68. The van der Waals surface area contributed by atoms with Gasteiger partial charge in [0.1, 0.15) is 0 Å². The van der Waals surface area contributed by atoms with E-state index in [0.29, 0.717) is 6.54 Å². The first-order valence-corrected chi connectivity index (χ1v) is 4.69. The maximum Gasteiger partial charge on any atom is 0.231 e. The van der Waals surface area contributed by atoms with Crippen molar-refractivity contribution in [3.05, 3.63) is 0 Å². The number of nitrogens with zero attached hydrogens (tertiary/aromatic N) is 1. The minimum atomic E-state index is -0.204. The van der Waals surface area contributed by atoms with Crippen molar-refractivity contribution in [2.24, 2.45) is 11.7 Å². The zero-order valence-electron chi connectivity index (χ0n) is 7.75. The van der Waals surface area contributed by atoms with Gasteiger partial charge < -0.3 is 5.73 Å². The van der Waals surface area contributed by atoms with Crippen LogP contribution in [0.3, 0.4) is 0 Å². The number of carbonyl (C=O) groups excluding carboxylic acids is 1. The fourth-order valence-electron chi connectivity index (χ4n) is 1.70. The number of hydrogen-bond donors (Lipinski definition) is 1. The van der Waals surface area contributed by atoms with Gasteiger partial charge in [-0.2, -0.15) is 0 Å². The van der Waals surface area contributed by atoms with Gasteiger partial charge in [0, 0.05) is 0 Å². The summed E-state index contributed by atoms with van der Waals surface area (Å²) in [5.41, 5.74) is 5.13. The molecule has 1 heterocycles. The van der Waals surface area contributed by atoms with Crippen molar-refractivity contribution in [3.63, 3.8) is 0 Å². The Kier molecular flexibility index (Phi) is 3.53. The highest BCUT2D eigenvalue weighted by molar-refractivity contribution is 5.75. The van der Waals surface area contributed by atoms with E-state index in [2.05, 4.69) is 11.8 Å². The molecule has 0 bridgehead atoms. The lowest BCUT2D eigenvalue weighted by molar-refractivity contribution is -0.119. The quantitative estimate of drug-likeness (QED) is 0.659. The van der Waals surface area contributed by atoms with E-state index in [-0.39, 0.29) is 5.91 Å². The van der Waals surface area contributed by atoms with Crippen molar-refractivity contribution in [2.75, 3.05) is 19.6 Å². The third kappa shape index (κ3) is 3.22. The van der Waals surface area contributed by atoms with E-state index in [9.17, 15) is 4.79 Å². The van der Waals surface area contributed by atoms with Gasteiger partial charge in [-0.05, 0) is 38.3 Å². The minimum Gasteiger partial charge on any atom is -0.369 e. The molecule has 1 fully saturated rings. The molecule has 0 aromatic rings. The number of nitrogens with two attached hydrogens (primary N) is 1. The predicted molar refractivity (Wildman–Crippen MR) is 48.6 cm³/mol. The summed E-state index contributed by atoms with van der Waals surface area (Å²) in [7, 11) is 0. The minimum absolute atomic E-state index is 0.204. The van der Waals surface area contributed by atoms with E-state index in [1.54, 1.807) is 0 Å². The molecule has 70 valence electrons. The summed E-state index contributed by atoms with van der Waals surface area (Å²) in [6, 6.07) is 0. The Morgan fingerprint density at radius 2 is 2.25 bits per heavy atom. The molecule has 0 spiro atoms. The maximum atomic E-state index is 10.6. The first-order valence-electron chi connectivity index (χ1n) is 4.69. The van der Waals surface area contributed by atoms with E-state index >= 15 is 0 Å². The zero-order chi connectivity index (χ0) is 8.97. The number of carbonyl (C=O) groups is 1. The molecule has 12 heavy (non-hydrogen) atoms. The number of likely N-dealkylation sites (tertiary alicyclic amines) is 1. The van der Waals surface area contributed by atoms with E-state index < -0.39 is 0 Å². The Morgan fingerprint density at radius 3 is 2.92 bits per heavy atom. The lowest BCUT2D eigenvalue weighted by Gasteiger charge is -2.17. The van der Waals surface area contributed by atoms with Crippen molar-refractivity contribution >= 4 is 5.91 Å². The molecule has 0 saturated carbocycles. The average molecular weight is 170 g/mol. The summed E-state index contributed by atoms with van der Waals surface area (Å²) >= 11 is 0. The van der Waals surface area contributed by atoms with Gasteiger partial charge in [-0.15, -0.1) is 0 Å². The molecule has 1 aliphatic heterocycles. The second-order valence-corrected chi connectivity index (χ2v) is 3.78. The predicted octanol–water partition coefficient (Wildman–Crippen LogP) is 0.594. The first kappa shape index (κ1) is 9.52. The van der Waals surface area contributed by atoms with Crippen molar-refractivity contribution in [1.29, 1.82) is 0 Å². The summed E-state index contributed by atoms with van der Waals surface area (Å²) in [6.45, 7) is 4.78. The standard InChI is InChI=1S/C9H18N2O/c1-8-3-2-5-11(6-4-8)7-9(10)12/h8H,2-7H2,1H3,(H2,10,12). The van der Waals surface area contributed by atoms with Crippen LogP contribution < -0.4 is 5.73 Å². The lowest BCUT2D eigenvalue weighted by atomic mass is 10.0. The molecular weight excluding hydrogens is 152 g/mol. The van der Waals surface area contributed by atoms with Crippen LogP contribution in [-0.4, -0.2) is 30.4 Å². The molecule has 0 radical (unpaired) electrons. The molecule has 2 N–H and O–H groups in total. The summed E-state index contributed by atoms with van der Waals surface area (Å²) in [5, 5.41) is 0. The normalized spacial score (nSPS) is 26.6. The smallest absolute Gasteiger partial charge is 0.231 e. The van der Waals surface area contributed by atoms with E-state index in [0.717, 1.165) is 19.0 Å². The van der Waals surface area contributed by atoms with Crippen LogP contribution in [0.5, 0.6) is 0 Å². The number of primary amides is 1. The van der Waals surface area contributed by atoms with Crippen LogP contribution in [0.15, 0.2) is 0 Å². The van der Waals surface area contributed by atoms with Gasteiger partial charge in [-0.3, -0.25) is 9.69 Å². The SMILES string of the molecule is CC1CCCN(CC(N)=O)CC1. The zero-order valence-corrected chi connectivity index (χ0v) is 7.75. The molecule has 0 aromatic heterocycles. The van der Waals surface area contributed by atoms with E-state index in [4.69, 9.17) is 5.73 Å². The summed E-state index contributed by atoms with van der Waals surface area (Å²) in [5.74, 6) is 0.604. The van der Waals surface area contributed by atoms with Crippen LogP contribution in [0.25, 0.3) is 0 Å². The van der Waals surface area contributed by atoms with Gasteiger partial charge in [-0.1, -0.05) is 6.92 Å². The number of hydrogen-bond acceptors (Lipinski definition) is 2. The summed E-state index contributed by atoms with van der Waals surface area (Å²) in [6.07, 6.45) is 3.69. The fraction of sp³-hybridized carbons (Fsp3) is 0.889. The number of amides is 1. The molecule has 0 aromatic carbocycles. The van der Waals surface area contributed by atoms with Crippen molar-refractivity contribution < 1.29 is 4.79 Å². The molecular formula is C9H18N2O. The van der Waals surface area contributed by atoms with Crippen molar-refractivity contribution in [1.82, 2.24) is 4.90 Å².